The second kappa shape index (κ2) is 7.16. The van der Waals surface area contributed by atoms with E-state index in [1.165, 1.54) is 40.3 Å². The Labute approximate surface area is 172 Å². The summed E-state index contributed by atoms with van der Waals surface area (Å²) < 4.78 is 58.4. The van der Waals surface area contributed by atoms with Gasteiger partial charge in [-0.3, -0.25) is 4.79 Å². The number of carbonyl (C=O) groups is 1. The van der Waals surface area contributed by atoms with Crippen LogP contribution in [-0.4, -0.2) is 64.7 Å². The first kappa shape index (κ1) is 21.9. The maximum absolute atomic E-state index is 13.1. The van der Waals surface area contributed by atoms with Crippen LogP contribution in [-0.2, 0) is 20.0 Å². The molecule has 10 nitrogen and oxygen atoms in total. The predicted molar refractivity (Wildman–Crippen MR) is 109 cm³/mol. The first-order valence-electron chi connectivity index (χ1n) is 8.41. The Bertz CT molecular complexity index is 1470. The SMILES string of the molecule is CN(C)S(=O)(=O)c1cc(S(=O)(=O)N(C)C)c2oc3ccc(C(=O)O)cc3c(=O)c2c1. The highest BCUT2D eigenvalue weighted by Gasteiger charge is 2.29. The summed E-state index contributed by atoms with van der Waals surface area (Å²) in [6.45, 7) is 0. The largest absolute Gasteiger partial charge is 0.478 e. The van der Waals surface area contributed by atoms with Gasteiger partial charge < -0.3 is 9.52 Å². The fourth-order valence-electron chi connectivity index (χ4n) is 2.78. The summed E-state index contributed by atoms with van der Waals surface area (Å²) in [6.07, 6.45) is 0. The van der Waals surface area contributed by atoms with Gasteiger partial charge in [-0.25, -0.2) is 30.2 Å². The first-order valence-corrected chi connectivity index (χ1v) is 11.3. The van der Waals surface area contributed by atoms with Gasteiger partial charge in [0.2, 0.25) is 25.5 Å². The molecule has 0 atom stereocenters. The quantitative estimate of drug-likeness (QED) is 0.566. The molecule has 0 bridgehead atoms. The lowest BCUT2D eigenvalue weighted by molar-refractivity contribution is 0.0697. The summed E-state index contributed by atoms with van der Waals surface area (Å²) >= 11 is 0. The molecule has 0 saturated heterocycles. The molecule has 3 rings (SSSR count). The predicted octanol–water partition coefficient (Wildman–Crippen LogP) is 1.15. The Kier molecular flexibility index (Phi) is 5.23. The third kappa shape index (κ3) is 3.37. The van der Waals surface area contributed by atoms with Crippen molar-refractivity contribution in [3.63, 3.8) is 0 Å². The number of benzene rings is 2. The molecule has 0 aliphatic carbocycles. The van der Waals surface area contributed by atoms with Crippen molar-refractivity contribution in [1.29, 1.82) is 0 Å². The van der Waals surface area contributed by atoms with E-state index in [9.17, 15) is 26.4 Å². The van der Waals surface area contributed by atoms with Crippen LogP contribution in [0.25, 0.3) is 21.9 Å². The molecule has 0 saturated carbocycles. The second-order valence-corrected chi connectivity index (χ2v) is 11.1. The van der Waals surface area contributed by atoms with E-state index >= 15 is 0 Å². The van der Waals surface area contributed by atoms with E-state index in [1.54, 1.807) is 0 Å². The zero-order valence-corrected chi connectivity index (χ0v) is 18.0. The van der Waals surface area contributed by atoms with Crippen LogP contribution in [0.3, 0.4) is 0 Å². The third-order valence-electron chi connectivity index (χ3n) is 4.49. The van der Waals surface area contributed by atoms with Crippen LogP contribution in [0.1, 0.15) is 10.4 Å². The van der Waals surface area contributed by atoms with Crippen LogP contribution in [0.4, 0.5) is 0 Å². The minimum atomic E-state index is -4.20. The molecule has 0 radical (unpaired) electrons. The molecule has 3 aromatic rings. The zero-order chi connectivity index (χ0) is 22.6. The second-order valence-electron chi connectivity index (χ2n) is 6.82. The minimum absolute atomic E-state index is 0.0316. The lowest BCUT2D eigenvalue weighted by Gasteiger charge is -2.16. The fraction of sp³-hybridized carbons (Fsp3) is 0.222. The number of rotatable bonds is 5. The number of hydrogen-bond donors (Lipinski definition) is 1. The van der Waals surface area contributed by atoms with E-state index in [4.69, 9.17) is 9.52 Å². The van der Waals surface area contributed by atoms with E-state index in [-0.39, 0.29) is 27.5 Å². The first-order chi connectivity index (χ1) is 13.8. The summed E-state index contributed by atoms with van der Waals surface area (Å²) in [5, 5.41) is 8.76. The van der Waals surface area contributed by atoms with Gasteiger partial charge in [-0.15, -0.1) is 0 Å². The molecule has 2 aromatic carbocycles. The van der Waals surface area contributed by atoms with E-state index < -0.39 is 41.2 Å². The average Bonchev–Trinajstić information content (AvgIpc) is 2.66. The Morgan fingerprint density at radius 2 is 1.50 bits per heavy atom. The summed E-state index contributed by atoms with van der Waals surface area (Å²) in [4.78, 5) is 23.4. The normalized spacial score (nSPS) is 12.9. The molecule has 0 unspecified atom stereocenters. The van der Waals surface area contributed by atoms with Crippen molar-refractivity contribution in [3.8, 4) is 0 Å². The molecule has 1 N–H and O–H groups in total. The highest BCUT2D eigenvalue weighted by atomic mass is 32.2. The molecule has 30 heavy (non-hydrogen) atoms. The summed E-state index contributed by atoms with van der Waals surface area (Å²) in [6, 6.07) is 5.52. The monoisotopic (exact) mass is 454 g/mol. The molecular weight excluding hydrogens is 436 g/mol. The highest BCUT2D eigenvalue weighted by Crippen LogP contribution is 2.30. The number of carboxylic acid groups (broad SMARTS) is 1. The highest BCUT2D eigenvalue weighted by molar-refractivity contribution is 7.90. The topological polar surface area (TPSA) is 142 Å². The fourth-order valence-corrected chi connectivity index (χ4v) is 4.87. The summed E-state index contributed by atoms with van der Waals surface area (Å²) in [7, 11) is -3.24. The third-order valence-corrected chi connectivity index (χ3v) is 8.11. The van der Waals surface area contributed by atoms with Crippen molar-refractivity contribution in [2.45, 2.75) is 9.79 Å². The zero-order valence-electron chi connectivity index (χ0n) is 16.4. The molecule has 0 aliphatic rings. The van der Waals surface area contributed by atoms with Crippen molar-refractivity contribution >= 4 is 48.0 Å². The van der Waals surface area contributed by atoms with Gasteiger partial charge in [0.25, 0.3) is 0 Å². The van der Waals surface area contributed by atoms with Gasteiger partial charge in [-0.1, -0.05) is 0 Å². The molecule has 1 aromatic heterocycles. The molecule has 1 heterocycles. The molecule has 0 fully saturated rings. The van der Waals surface area contributed by atoms with Gasteiger partial charge in [0.05, 0.1) is 21.2 Å². The molecule has 0 aliphatic heterocycles. The number of hydrogen-bond acceptors (Lipinski definition) is 7. The van der Waals surface area contributed by atoms with Gasteiger partial charge in [0, 0.05) is 28.2 Å². The van der Waals surface area contributed by atoms with Crippen LogP contribution in [0.5, 0.6) is 0 Å². The van der Waals surface area contributed by atoms with Gasteiger partial charge in [0.1, 0.15) is 10.5 Å². The number of carboxylic acids is 1. The number of fused-ring (bicyclic) bond motifs is 2. The van der Waals surface area contributed by atoms with Crippen molar-refractivity contribution < 1.29 is 31.2 Å². The Balaban J connectivity index is 2.59. The molecule has 0 spiro atoms. The summed E-state index contributed by atoms with van der Waals surface area (Å²) in [5.41, 5.74) is -1.27. The number of aromatic carboxylic acids is 1. The van der Waals surface area contributed by atoms with Gasteiger partial charge >= 0.3 is 5.97 Å². The van der Waals surface area contributed by atoms with Gasteiger partial charge in [0.15, 0.2) is 5.58 Å². The minimum Gasteiger partial charge on any atom is -0.478 e. The number of sulfonamides is 2. The van der Waals surface area contributed by atoms with E-state index in [0.29, 0.717) is 0 Å². The molecule has 160 valence electrons. The van der Waals surface area contributed by atoms with Gasteiger partial charge in [-0.05, 0) is 30.3 Å². The smallest absolute Gasteiger partial charge is 0.335 e. The van der Waals surface area contributed by atoms with E-state index in [2.05, 4.69) is 0 Å². The van der Waals surface area contributed by atoms with Crippen molar-refractivity contribution in [2.75, 3.05) is 28.2 Å². The number of nitrogens with zero attached hydrogens (tertiary/aromatic N) is 2. The van der Waals surface area contributed by atoms with Crippen LogP contribution >= 0.6 is 0 Å². The maximum atomic E-state index is 13.1. The maximum Gasteiger partial charge on any atom is 0.335 e. The molecule has 0 amide bonds. The van der Waals surface area contributed by atoms with Crippen LogP contribution < -0.4 is 5.43 Å². The lowest BCUT2D eigenvalue weighted by atomic mass is 10.1. The Morgan fingerprint density at radius 3 is 2.03 bits per heavy atom. The van der Waals surface area contributed by atoms with Crippen molar-refractivity contribution in [2.24, 2.45) is 0 Å². The van der Waals surface area contributed by atoms with Crippen molar-refractivity contribution in [3.05, 3.63) is 46.1 Å². The Hall–Kier alpha value is -2.80. The standard InChI is InChI=1S/C18H18N2O8S2/c1-19(2)29(24,25)11-8-13-16(21)12-7-10(18(22)23)5-6-14(12)28-17(13)15(9-11)30(26,27)20(3)4/h5-9H,1-4H3,(H,22,23). The van der Waals surface area contributed by atoms with Crippen LogP contribution in [0.2, 0.25) is 0 Å². The molecule has 12 heteroatoms. The summed E-state index contributed by atoms with van der Waals surface area (Å²) in [5.74, 6) is -1.27. The van der Waals surface area contributed by atoms with Crippen molar-refractivity contribution in [1.82, 2.24) is 8.61 Å². The lowest BCUT2D eigenvalue weighted by Crippen LogP contribution is -2.25. The van der Waals surface area contributed by atoms with E-state index in [0.717, 1.165) is 26.8 Å². The molecular formula is C18H18N2O8S2. The van der Waals surface area contributed by atoms with Crippen LogP contribution in [0, 0.1) is 0 Å². The van der Waals surface area contributed by atoms with Crippen LogP contribution in [0.15, 0.2) is 49.3 Å². The van der Waals surface area contributed by atoms with E-state index in [1.807, 2.05) is 0 Å². The average molecular weight is 454 g/mol. The van der Waals surface area contributed by atoms with Gasteiger partial charge in [-0.2, -0.15) is 0 Å². The Morgan fingerprint density at radius 1 is 0.900 bits per heavy atom.